The van der Waals surface area contributed by atoms with E-state index in [1.165, 1.54) is 27.7 Å². The van der Waals surface area contributed by atoms with Gasteiger partial charge in [-0.15, -0.1) is 0 Å². The van der Waals surface area contributed by atoms with Crippen molar-refractivity contribution in [1.29, 1.82) is 0 Å². The number of ketones is 1. The van der Waals surface area contributed by atoms with Gasteiger partial charge in [0.2, 0.25) is 0 Å². The third-order valence-electron chi connectivity index (χ3n) is 10.0. The molecule has 0 aromatic heterocycles. The summed E-state index contributed by atoms with van der Waals surface area (Å²) in [4.78, 5) is 63.3. The maximum atomic E-state index is 13.6. The Morgan fingerprint density at radius 1 is 0.974 bits per heavy atom. The molecule has 0 bridgehead atoms. The molecule has 3 fully saturated rings. The predicted octanol–water partition coefficient (Wildman–Crippen LogP) is 2.95. The predicted molar refractivity (Wildman–Crippen MR) is 136 cm³/mol. The van der Waals surface area contributed by atoms with Gasteiger partial charge in [0.05, 0.1) is 18.6 Å². The molecule has 0 aromatic rings. The molecule has 10 atom stereocenters. The lowest BCUT2D eigenvalue weighted by Crippen LogP contribution is -2.74. The van der Waals surface area contributed by atoms with Gasteiger partial charge in [0.25, 0.3) is 0 Å². The lowest BCUT2D eigenvalue weighted by atomic mass is 9.37. The summed E-state index contributed by atoms with van der Waals surface area (Å²) in [7, 11) is 0. The van der Waals surface area contributed by atoms with Gasteiger partial charge in [-0.2, -0.15) is 0 Å². The Morgan fingerprint density at radius 3 is 2.15 bits per heavy atom. The molecular formula is C29H40O10. The van der Waals surface area contributed by atoms with E-state index in [0.29, 0.717) is 25.0 Å². The van der Waals surface area contributed by atoms with E-state index in [0.717, 1.165) is 0 Å². The molecule has 0 radical (unpaired) electrons. The van der Waals surface area contributed by atoms with Gasteiger partial charge in [-0.1, -0.05) is 13.8 Å². The number of fused-ring (bicyclic) bond motifs is 5. The van der Waals surface area contributed by atoms with Gasteiger partial charge < -0.3 is 23.7 Å². The lowest BCUT2D eigenvalue weighted by Gasteiger charge is -2.68. The summed E-state index contributed by atoms with van der Waals surface area (Å²) in [5, 5.41) is 0. The normalized spacial score (nSPS) is 41.6. The van der Waals surface area contributed by atoms with Crippen molar-refractivity contribution in [2.24, 2.45) is 34.0 Å². The van der Waals surface area contributed by atoms with Crippen molar-refractivity contribution in [3.05, 3.63) is 11.6 Å². The second-order valence-electron chi connectivity index (χ2n) is 12.2. The Bertz CT molecular complexity index is 1110. The topological polar surface area (TPSA) is 132 Å². The molecule has 4 rings (SSSR count). The molecule has 1 heterocycles. The largest absolute Gasteiger partial charge is 0.462 e. The van der Waals surface area contributed by atoms with E-state index >= 15 is 0 Å². The number of carbonyl (C=O) groups excluding carboxylic acids is 5. The fraction of sp³-hybridized carbons (Fsp3) is 0.759. The summed E-state index contributed by atoms with van der Waals surface area (Å²) < 4.78 is 29.8. The van der Waals surface area contributed by atoms with Gasteiger partial charge in [0, 0.05) is 50.9 Å². The van der Waals surface area contributed by atoms with Crippen LogP contribution in [0.2, 0.25) is 0 Å². The van der Waals surface area contributed by atoms with Gasteiger partial charge in [-0.25, -0.2) is 0 Å². The van der Waals surface area contributed by atoms with Crippen LogP contribution in [0, 0.1) is 34.0 Å². The molecule has 10 heteroatoms. The first-order valence-corrected chi connectivity index (χ1v) is 13.6. The van der Waals surface area contributed by atoms with E-state index in [1.807, 2.05) is 6.92 Å². The number of hydrogen-bond donors (Lipinski definition) is 0. The summed E-state index contributed by atoms with van der Waals surface area (Å²) in [5.41, 5.74) is -2.13. The molecule has 3 aliphatic carbocycles. The highest BCUT2D eigenvalue weighted by Gasteiger charge is 2.76. The second-order valence-corrected chi connectivity index (χ2v) is 12.2. The molecule has 1 saturated heterocycles. The smallest absolute Gasteiger partial charge is 0.303 e. The minimum Gasteiger partial charge on any atom is -0.462 e. The van der Waals surface area contributed by atoms with E-state index in [-0.39, 0.29) is 18.3 Å². The minimum atomic E-state index is -1.05. The minimum absolute atomic E-state index is 0.0404. The lowest BCUT2D eigenvalue weighted by molar-refractivity contribution is -0.283. The Labute approximate surface area is 229 Å². The zero-order chi connectivity index (χ0) is 29.1. The quantitative estimate of drug-likeness (QED) is 0.373. The summed E-state index contributed by atoms with van der Waals surface area (Å²) in [6.45, 7) is 13.1. The number of ether oxygens (including phenoxy) is 5. The molecule has 10 nitrogen and oxygen atoms in total. The molecule has 0 spiro atoms. The molecule has 0 amide bonds. The SMILES string of the molecule is CC(=O)O[C@H]1[C@H]2[C@@](C)(CC[C@H]3C(=O)C(C)=C[C@@H](OC(C)=O)[C@@]32C)[C@@H]2COC[C@]2([C@H](C)OC(C)=O)[C@H]1OC(C)=O. The Balaban J connectivity index is 2.01. The van der Waals surface area contributed by atoms with Crippen molar-refractivity contribution >= 4 is 29.7 Å². The van der Waals surface area contributed by atoms with Crippen LogP contribution < -0.4 is 0 Å². The first-order valence-electron chi connectivity index (χ1n) is 13.6. The van der Waals surface area contributed by atoms with Crippen LogP contribution in [0.15, 0.2) is 11.6 Å². The monoisotopic (exact) mass is 548 g/mol. The van der Waals surface area contributed by atoms with E-state index in [9.17, 15) is 24.0 Å². The van der Waals surface area contributed by atoms with E-state index in [1.54, 1.807) is 19.9 Å². The maximum absolute atomic E-state index is 13.6. The molecule has 1 aliphatic heterocycles. The molecule has 0 aromatic carbocycles. The van der Waals surface area contributed by atoms with Crippen LogP contribution in [0.5, 0.6) is 0 Å². The molecule has 39 heavy (non-hydrogen) atoms. The third-order valence-corrected chi connectivity index (χ3v) is 10.0. The van der Waals surface area contributed by atoms with Crippen LogP contribution in [0.1, 0.15) is 68.2 Å². The number of allylic oxidation sites excluding steroid dienone is 1. The number of carbonyl (C=O) groups is 5. The maximum Gasteiger partial charge on any atom is 0.303 e. The van der Waals surface area contributed by atoms with E-state index in [2.05, 4.69) is 6.92 Å². The molecule has 0 unspecified atom stereocenters. The van der Waals surface area contributed by atoms with Crippen LogP contribution in [-0.4, -0.2) is 67.3 Å². The van der Waals surface area contributed by atoms with Gasteiger partial charge in [0.1, 0.15) is 18.3 Å². The fourth-order valence-electron chi connectivity index (χ4n) is 8.70. The summed E-state index contributed by atoms with van der Waals surface area (Å²) in [6.07, 6.45) is -0.813. The standard InChI is InChI=1S/C29H40O10/c1-14-11-22(37-17(4)31)28(8)20(23(14)34)9-10-27(7)21-12-35-13-29(21,15(2)36-16(3)30)26(39-19(6)33)24(25(27)28)38-18(5)32/h11,15,20-22,24-26H,9-10,12-13H2,1-8H3/t15-,20-,21-,22+,24-,25-,26-,27-,28+,29+/m0/s1. The fourth-order valence-corrected chi connectivity index (χ4v) is 8.70. The van der Waals surface area contributed by atoms with Crippen LogP contribution in [0.4, 0.5) is 0 Å². The highest BCUT2D eigenvalue weighted by Crippen LogP contribution is 2.70. The first-order chi connectivity index (χ1) is 18.1. The molecular weight excluding hydrogens is 508 g/mol. The zero-order valence-electron chi connectivity index (χ0n) is 24.0. The average molecular weight is 549 g/mol. The van der Waals surface area contributed by atoms with Gasteiger partial charge >= 0.3 is 23.9 Å². The molecule has 216 valence electrons. The van der Waals surface area contributed by atoms with Crippen LogP contribution in [0.25, 0.3) is 0 Å². The second kappa shape index (κ2) is 10.0. The van der Waals surface area contributed by atoms with Crippen LogP contribution in [-0.2, 0) is 47.7 Å². The van der Waals surface area contributed by atoms with Crippen molar-refractivity contribution in [3.63, 3.8) is 0 Å². The summed E-state index contributed by atoms with van der Waals surface area (Å²) in [5.74, 6) is -3.59. The summed E-state index contributed by atoms with van der Waals surface area (Å²) in [6, 6.07) is 0. The Hall–Kier alpha value is -2.75. The number of hydrogen-bond acceptors (Lipinski definition) is 10. The summed E-state index contributed by atoms with van der Waals surface area (Å²) >= 11 is 0. The van der Waals surface area contributed by atoms with Gasteiger partial charge in [0.15, 0.2) is 11.9 Å². The number of rotatable bonds is 5. The average Bonchev–Trinajstić information content (AvgIpc) is 3.26. The van der Waals surface area contributed by atoms with Crippen LogP contribution >= 0.6 is 0 Å². The van der Waals surface area contributed by atoms with Crippen LogP contribution in [0.3, 0.4) is 0 Å². The van der Waals surface area contributed by atoms with Gasteiger partial charge in [-0.05, 0) is 43.8 Å². The van der Waals surface area contributed by atoms with Gasteiger partial charge in [-0.3, -0.25) is 24.0 Å². The molecule has 0 N–H and O–H groups in total. The first kappa shape index (κ1) is 29.2. The number of Topliss-reactive ketones (excluding diaryl/α,β-unsaturated/α-hetero) is 1. The van der Waals surface area contributed by atoms with Crippen molar-refractivity contribution in [1.82, 2.24) is 0 Å². The van der Waals surface area contributed by atoms with Crippen molar-refractivity contribution < 1.29 is 47.7 Å². The van der Waals surface area contributed by atoms with Crippen molar-refractivity contribution in [2.45, 2.75) is 92.6 Å². The number of esters is 4. The van der Waals surface area contributed by atoms with Crippen molar-refractivity contribution in [2.75, 3.05) is 13.2 Å². The van der Waals surface area contributed by atoms with Crippen molar-refractivity contribution in [3.8, 4) is 0 Å². The third kappa shape index (κ3) is 4.39. The highest BCUT2D eigenvalue weighted by atomic mass is 16.6. The molecule has 2 saturated carbocycles. The highest BCUT2D eigenvalue weighted by molar-refractivity contribution is 5.98. The molecule has 4 aliphatic rings. The Kier molecular flexibility index (Phi) is 7.51. The zero-order valence-corrected chi connectivity index (χ0v) is 24.0. The Morgan fingerprint density at radius 2 is 1.59 bits per heavy atom. The van der Waals surface area contributed by atoms with E-state index in [4.69, 9.17) is 23.7 Å². The van der Waals surface area contributed by atoms with E-state index < -0.39 is 76.4 Å².